The molecule has 1 aliphatic heterocycles. The molecule has 2 aromatic carbocycles. The number of benzene rings is 2. The van der Waals surface area contributed by atoms with E-state index in [1.807, 2.05) is 0 Å². The lowest BCUT2D eigenvalue weighted by Gasteiger charge is -2.07. The highest BCUT2D eigenvalue weighted by Crippen LogP contribution is 2.37. The first-order valence-electron chi connectivity index (χ1n) is 8.48. The minimum atomic E-state index is -3.89. The lowest BCUT2D eigenvalue weighted by atomic mass is 10.0. The zero-order valence-electron chi connectivity index (χ0n) is 15.3. The number of nitro groups is 1. The van der Waals surface area contributed by atoms with Crippen molar-refractivity contribution in [2.24, 2.45) is 11.0 Å². The second-order valence-corrected chi connectivity index (χ2v) is 8.28. The summed E-state index contributed by atoms with van der Waals surface area (Å²) < 4.78 is 35.0. The quantitative estimate of drug-likeness (QED) is 0.430. The Bertz CT molecular complexity index is 1020. The number of nitrogens with one attached hydrogen (secondary N) is 1. The van der Waals surface area contributed by atoms with Crippen LogP contribution in [0.25, 0.3) is 0 Å². The van der Waals surface area contributed by atoms with Crippen molar-refractivity contribution in [2.75, 3.05) is 6.79 Å². The summed E-state index contributed by atoms with van der Waals surface area (Å²) in [5.74, 6) is 1.05. The van der Waals surface area contributed by atoms with E-state index in [2.05, 4.69) is 23.8 Å². The fourth-order valence-electron chi connectivity index (χ4n) is 2.70. The number of rotatable bonds is 7. The summed E-state index contributed by atoms with van der Waals surface area (Å²) in [6.45, 7) is 4.12. The molecule has 1 N–H and O–H groups in total. The van der Waals surface area contributed by atoms with Crippen LogP contribution in [0.1, 0.15) is 25.0 Å². The van der Waals surface area contributed by atoms with Crippen LogP contribution in [0.5, 0.6) is 11.5 Å². The van der Waals surface area contributed by atoms with Gasteiger partial charge in [0.05, 0.1) is 27.7 Å². The van der Waals surface area contributed by atoms with E-state index in [-0.39, 0.29) is 28.7 Å². The van der Waals surface area contributed by atoms with Crippen LogP contribution in [-0.4, -0.2) is 26.3 Å². The summed E-state index contributed by atoms with van der Waals surface area (Å²) in [5.41, 5.74) is 0.850. The number of nitro benzene ring substituents is 1. The van der Waals surface area contributed by atoms with Crippen LogP contribution in [0.15, 0.2) is 46.4 Å². The topological polar surface area (TPSA) is 120 Å². The molecule has 0 saturated carbocycles. The largest absolute Gasteiger partial charge is 0.454 e. The summed E-state index contributed by atoms with van der Waals surface area (Å²) in [7, 11) is -3.89. The van der Waals surface area contributed by atoms with Gasteiger partial charge in [0.1, 0.15) is 0 Å². The normalized spacial score (nSPS) is 13.2. The first kappa shape index (κ1) is 19.6. The van der Waals surface area contributed by atoms with Crippen molar-refractivity contribution < 1.29 is 22.8 Å². The van der Waals surface area contributed by atoms with Gasteiger partial charge in [-0.15, -0.1) is 0 Å². The average molecular weight is 405 g/mol. The molecule has 0 atom stereocenters. The zero-order valence-corrected chi connectivity index (χ0v) is 16.1. The molecule has 0 radical (unpaired) electrons. The van der Waals surface area contributed by atoms with Gasteiger partial charge in [-0.05, 0) is 36.1 Å². The van der Waals surface area contributed by atoms with Gasteiger partial charge in [-0.2, -0.15) is 13.5 Å². The van der Waals surface area contributed by atoms with Gasteiger partial charge in [-0.3, -0.25) is 10.1 Å². The predicted octanol–water partition coefficient (Wildman–Crippen LogP) is 2.83. The molecule has 10 heteroatoms. The fourth-order valence-corrected chi connectivity index (χ4v) is 3.49. The average Bonchev–Trinajstić information content (AvgIpc) is 3.08. The zero-order chi connectivity index (χ0) is 20.3. The molecule has 0 bridgehead atoms. The van der Waals surface area contributed by atoms with E-state index < -0.39 is 14.9 Å². The molecule has 28 heavy (non-hydrogen) atoms. The van der Waals surface area contributed by atoms with Crippen molar-refractivity contribution in [3.63, 3.8) is 0 Å². The van der Waals surface area contributed by atoms with Crippen LogP contribution in [-0.2, 0) is 16.4 Å². The summed E-state index contributed by atoms with van der Waals surface area (Å²) in [5, 5.41) is 14.9. The SMILES string of the molecule is CC(C)Cc1ccc(S(=O)(=O)NN=Cc2cc3c(cc2[N+](=O)[O-])OCO3)cc1. The van der Waals surface area contributed by atoms with Crippen molar-refractivity contribution in [3.8, 4) is 11.5 Å². The maximum Gasteiger partial charge on any atom is 0.282 e. The number of hydrogen-bond donors (Lipinski definition) is 1. The van der Waals surface area contributed by atoms with Gasteiger partial charge in [-0.25, -0.2) is 4.83 Å². The Morgan fingerprint density at radius 3 is 2.46 bits per heavy atom. The lowest BCUT2D eigenvalue weighted by molar-refractivity contribution is -0.385. The van der Waals surface area contributed by atoms with Gasteiger partial charge >= 0.3 is 0 Å². The number of fused-ring (bicyclic) bond motifs is 1. The smallest absolute Gasteiger partial charge is 0.282 e. The molecule has 0 unspecified atom stereocenters. The Kier molecular flexibility index (Phi) is 5.50. The highest BCUT2D eigenvalue weighted by Gasteiger charge is 2.22. The Balaban J connectivity index is 1.77. The van der Waals surface area contributed by atoms with Crippen molar-refractivity contribution >= 4 is 21.9 Å². The van der Waals surface area contributed by atoms with Crippen LogP contribution >= 0.6 is 0 Å². The van der Waals surface area contributed by atoms with Crippen LogP contribution in [0.3, 0.4) is 0 Å². The van der Waals surface area contributed by atoms with Crippen molar-refractivity contribution in [1.29, 1.82) is 0 Å². The summed E-state index contributed by atoms with van der Waals surface area (Å²) >= 11 is 0. The maximum absolute atomic E-state index is 12.4. The van der Waals surface area contributed by atoms with E-state index in [0.29, 0.717) is 11.7 Å². The molecule has 0 saturated heterocycles. The molecule has 0 aliphatic carbocycles. The molecule has 2 aromatic rings. The second-order valence-electron chi connectivity index (χ2n) is 6.62. The first-order valence-corrected chi connectivity index (χ1v) is 9.96. The first-order chi connectivity index (χ1) is 13.3. The Morgan fingerprint density at radius 2 is 1.86 bits per heavy atom. The van der Waals surface area contributed by atoms with Gasteiger partial charge in [0, 0.05) is 0 Å². The van der Waals surface area contributed by atoms with Gasteiger partial charge < -0.3 is 9.47 Å². The third kappa shape index (κ3) is 4.39. The van der Waals surface area contributed by atoms with Crippen LogP contribution in [0.2, 0.25) is 0 Å². The Hall–Kier alpha value is -3.14. The van der Waals surface area contributed by atoms with E-state index in [1.165, 1.54) is 24.3 Å². The highest BCUT2D eigenvalue weighted by molar-refractivity contribution is 7.89. The molecule has 0 amide bonds. The standard InChI is InChI=1S/C18H19N3O6S/c1-12(2)7-13-3-5-15(6-4-13)28(24,25)20-19-10-14-8-17-18(27-11-26-17)9-16(14)21(22)23/h3-6,8-10,12,20H,7,11H2,1-2H3. The minimum Gasteiger partial charge on any atom is -0.454 e. The molecule has 3 rings (SSSR count). The number of nitrogens with zero attached hydrogens (tertiary/aromatic N) is 2. The van der Waals surface area contributed by atoms with E-state index in [4.69, 9.17) is 9.47 Å². The monoisotopic (exact) mass is 405 g/mol. The molecule has 1 aliphatic rings. The van der Waals surface area contributed by atoms with E-state index in [1.54, 1.807) is 12.1 Å². The van der Waals surface area contributed by atoms with Gasteiger partial charge in [0.15, 0.2) is 11.5 Å². The van der Waals surface area contributed by atoms with Gasteiger partial charge in [0.2, 0.25) is 6.79 Å². The molecule has 0 aromatic heterocycles. The molecule has 148 valence electrons. The van der Waals surface area contributed by atoms with E-state index in [0.717, 1.165) is 18.2 Å². The minimum absolute atomic E-state index is 0.0352. The lowest BCUT2D eigenvalue weighted by Crippen LogP contribution is -2.18. The number of hydrogen-bond acceptors (Lipinski definition) is 7. The van der Waals surface area contributed by atoms with Gasteiger partial charge in [-0.1, -0.05) is 26.0 Å². The summed E-state index contributed by atoms with van der Waals surface area (Å²) in [4.78, 5) is 12.7. The fraction of sp³-hybridized carbons (Fsp3) is 0.278. The van der Waals surface area contributed by atoms with E-state index in [9.17, 15) is 18.5 Å². The molecule has 0 spiro atoms. The van der Waals surface area contributed by atoms with Crippen molar-refractivity contribution in [2.45, 2.75) is 25.2 Å². The van der Waals surface area contributed by atoms with Crippen molar-refractivity contribution in [3.05, 3.63) is 57.6 Å². The Labute approximate surface area is 162 Å². The van der Waals surface area contributed by atoms with Crippen LogP contribution in [0, 0.1) is 16.0 Å². The highest BCUT2D eigenvalue weighted by atomic mass is 32.2. The molecular formula is C18H19N3O6S. The molecule has 1 heterocycles. The molecule has 9 nitrogen and oxygen atoms in total. The van der Waals surface area contributed by atoms with Gasteiger partial charge in [0.25, 0.3) is 15.7 Å². The number of ether oxygens (including phenoxy) is 2. The van der Waals surface area contributed by atoms with Crippen LogP contribution < -0.4 is 14.3 Å². The van der Waals surface area contributed by atoms with Crippen molar-refractivity contribution in [1.82, 2.24) is 4.83 Å². The van der Waals surface area contributed by atoms with Crippen LogP contribution in [0.4, 0.5) is 5.69 Å². The number of sulfonamides is 1. The maximum atomic E-state index is 12.4. The molecule has 0 fully saturated rings. The third-order valence-corrected chi connectivity index (χ3v) is 5.21. The predicted molar refractivity (Wildman–Crippen MR) is 102 cm³/mol. The number of hydrazone groups is 1. The second kappa shape index (κ2) is 7.85. The summed E-state index contributed by atoms with van der Waals surface area (Å²) in [6.07, 6.45) is 1.91. The summed E-state index contributed by atoms with van der Waals surface area (Å²) in [6, 6.07) is 9.09. The Morgan fingerprint density at radius 1 is 1.21 bits per heavy atom. The van der Waals surface area contributed by atoms with E-state index >= 15 is 0 Å². The molecular weight excluding hydrogens is 386 g/mol. The third-order valence-electron chi connectivity index (χ3n) is 3.97.